The minimum atomic E-state index is 0.181. The number of hydrogen-bond acceptors (Lipinski definition) is 3. The first kappa shape index (κ1) is 16.5. The highest BCUT2D eigenvalue weighted by molar-refractivity contribution is 9.11. The molecule has 0 bridgehead atoms. The average molecular weight is 359 g/mol. The summed E-state index contributed by atoms with van der Waals surface area (Å²) >= 11 is 5.32. The Morgan fingerprint density at radius 1 is 1.50 bits per heavy atom. The fraction of sp³-hybridized carbons (Fsp3) is 0.750. The second-order valence-corrected chi connectivity index (χ2v) is 8.81. The fourth-order valence-electron chi connectivity index (χ4n) is 3.95. The second-order valence-electron chi connectivity index (χ2n) is 6.52. The van der Waals surface area contributed by atoms with Crippen LogP contribution in [0.25, 0.3) is 0 Å². The van der Waals surface area contributed by atoms with Crippen LogP contribution in [-0.4, -0.2) is 24.0 Å². The summed E-state index contributed by atoms with van der Waals surface area (Å²) in [7, 11) is 2.26. The van der Waals surface area contributed by atoms with E-state index < -0.39 is 0 Å². The molecule has 1 aromatic heterocycles. The molecule has 20 heavy (non-hydrogen) atoms. The van der Waals surface area contributed by atoms with Crippen molar-refractivity contribution < 1.29 is 0 Å². The maximum absolute atomic E-state index is 6.28. The molecule has 1 saturated carbocycles. The topological polar surface area (TPSA) is 29.3 Å². The van der Waals surface area contributed by atoms with Gasteiger partial charge in [0.15, 0.2) is 0 Å². The quantitative estimate of drug-likeness (QED) is 0.840. The highest BCUT2D eigenvalue weighted by Gasteiger charge is 2.43. The third kappa shape index (κ3) is 3.29. The summed E-state index contributed by atoms with van der Waals surface area (Å²) < 4.78 is 1.21. The highest BCUT2D eigenvalue weighted by Crippen LogP contribution is 2.42. The Kier molecular flexibility index (Phi) is 5.69. The molecule has 0 aliphatic heterocycles. The maximum Gasteiger partial charge on any atom is 0.0701 e. The van der Waals surface area contributed by atoms with Crippen molar-refractivity contribution >= 4 is 27.3 Å². The predicted molar refractivity (Wildman–Crippen MR) is 92.1 cm³/mol. The summed E-state index contributed by atoms with van der Waals surface area (Å²) in [5, 5.41) is 2.25. The van der Waals surface area contributed by atoms with Crippen LogP contribution in [0.4, 0.5) is 0 Å². The van der Waals surface area contributed by atoms with E-state index in [4.69, 9.17) is 5.73 Å². The molecule has 114 valence electrons. The van der Waals surface area contributed by atoms with Gasteiger partial charge in [0.1, 0.15) is 0 Å². The largest absolute Gasteiger partial charge is 0.329 e. The van der Waals surface area contributed by atoms with Gasteiger partial charge in [-0.3, -0.25) is 4.90 Å². The van der Waals surface area contributed by atoms with Crippen LogP contribution in [0, 0.1) is 11.8 Å². The normalized spacial score (nSPS) is 27.4. The first-order chi connectivity index (χ1) is 9.49. The molecule has 2 nitrogen and oxygen atoms in total. The van der Waals surface area contributed by atoms with Crippen molar-refractivity contribution in [1.82, 2.24) is 4.90 Å². The predicted octanol–water partition coefficient (Wildman–Crippen LogP) is 4.49. The molecule has 0 radical (unpaired) electrons. The van der Waals surface area contributed by atoms with Crippen LogP contribution < -0.4 is 5.73 Å². The lowest BCUT2D eigenvalue weighted by molar-refractivity contribution is -0.00177. The first-order valence-electron chi connectivity index (χ1n) is 7.64. The molecule has 1 fully saturated rings. The summed E-state index contributed by atoms with van der Waals surface area (Å²) in [6.07, 6.45) is 5.25. The van der Waals surface area contributed by atoms with Crippen LogP contribution in [0.5, 0.6) is 0 Å². The van der Waals surface area contributed by atoms with Gasteiger partial charge in [-0.15, -0.1) is 11.3 Å². The van der Waals surface area contributed by atoms with Crippen LogP contribution >= 0.6 is 27.3 Å². The molecule has 2 rings (SSSR count). The monoisotopic (exact) mass is 358 g/mol. The molecule has 1 aromatic rings. The van der Waals surface area contributed by atoms with Gasteiger partial charge in [-0.1, -0.05) is 26.7 Å². The van der Waals surface area contributed by atoms with E-state index in [-0.39, 0.29) is 5.54 Å². The lowest BCUT2D eigenvalue weighted by Gasteiger charge is -2.51. The lowest BCUT2D eigenvalue weighted by atomic mass is 9.67. The molecule has 4 heteroatoms. The molecule has 0 spiro atoms. The van der Waals surface area contributed by atoms with E-state index in [2.05, 4.69) is 53.2 Å². The average Bonchev–Trinajstić information content (AvgIpc) is 2.83. The number of halogens is 1. The van der Waals surface area contributed by atoms with Gasteiger partial charge in [0.25, 0.3) is 0 Å². The van der Waals surface area contributed by atoms with Crippen molar-refractivity contribution in [3.05, 3.63) is 20.8 Å². The Morgan fingerprint density at radius 3 is 2.80 bits per heavy atom. The maximum atomic E-state index is 6.28. The van der Waals surface area contributed by atoms with Gasteiger partial charge in [0, 0.05) is 18.6 Å². The molecule has 2 N–H and O–H groups in total. The van der Waals surface area contributed by atoms with E-state index >= 15 is 0 Å². The Morgan fingerprint density at radius 2 is 2.25 bits per heavy atom. The van der Waals surface area contributed by atoms with E-state index in [0.717, 1.165) is 13.1 Å². The van der Waals surface area contributed by atoms with Crippen LogP contribution in [0.2, 0.25) is 0 Å². The van der Waals surface area contributed by atoms with Gasteiger partial charge in [-0.2, -0.15) is 0 Å². The number of nitrogens with two attached hydrogens (primary N) is 1. The van der Waals surface area contributed by atoms with Crippen molar-refractivity contribution in [3.8, 4) is 0 Å². The first-order valence-corrected chi connectivity index (χ1v) is 9.31. The third-order valence-electron chi connectivity index (χ3n) is 5.02. The summed E-state index contributed by atoms with van der Waals surface area (Å²) in [6.45, 7) is 6.49. The van der Waals surface area contributed by atoms with E-state index in [0.29, 0.717) is 11.8 Å². The molecule has 2 unspecified atom stereocenters. The smallest absolute Gasteiger partial charge is 0.0701 e. The standard InChI is InChI=1S/C16H27BrN2S/c1-12(2)14-6-4-5-7-16(14,11-18)19(3)9-13-8-15(17)20-10-13/h8,10,12,14H,4-7,9,11,18H2,1-3H3. The minimum absolute atomic E-state index is 0.181. The van der Waals surface area contributed by atoms with E-state index in [1.165, 1.54) is 35.0 Å². The van der Waals surface area contributed by atoms with Gasteiger partial charge in [0.2, 0.25) is 0 Å². The summed E-state index contributed by atoms with van der Waals surface area (Å²) in [5.74, 6) is 1.42. The Balaban J connectivity index is 2.19. The van der Waals surface area contributed by atoms with Gasteiger partial charge >= 0.3 is 0 Å². The lowest BCUT2D eigenvalue weighted by Crippen LogP contribution is -2.59. The molecule has 0 amide bonds. The Bertz CT molecular complexity index is 432. The van der Waals surface area contributed by atoms with Crippen molar-refractivity contribution in [3.63, 3.8) is 0 Å². The summed E-state index contributed by atoms with van der Waals surface area (Å²) in [4.78, 5) is 2.53. The number of nitrogens with zero attached hydrogens (tertiary/aromatic N) is 1. The molecular weight excluding hydrogens is 332 g/mol. The van der Waals surface area contributed by atoms with Gasteiger partial charge in [-0.25, -0.2) is 0 Å². The van der Waals surface area contributed by atoms with Crippen LogP contribution in [0.15, 0.2) is 15.2 Å². The van der Waals surface area contributed by atoms with Crippen LogP contribution in [-0.2, 0) is 6.54 Å². The number of likely N-dealkylation sites (N-methyl/N-ethyl adjacent to an activating group) is 1. The molecule has 1 aliphatic carbocycles. The molecular formula is C16H27BrN2S. The van der Waals surface area contributed by atoms with Crippen molar-refractivity contribution in [2.75, 3.05) is 13.6 Å². The van der Waals surface area contributed by atoms with Crippen molar-refractivity contribution in [2.45, 2.75) is 51.6 Å². The van der Waals surface area contributed by atoms with Crippen LogP contribution in [0.3, 0.4) is 0 Å². The molecule has 0 saturated heterocycles. The number of rotatable bonds is 5. The van der Waals surface area contributed by atoms with Gasteiger partial charge in [0.05, 0.1) is 3.79 Å². The number of hydrogen-bond donors (Lipinski definition) is 1. The van der Waals surface area contributed by atoms with E-state index in [1.54, 1.807) is 11.3 Å². The molecule has 0 aromatic carbocycles. The fourth-order valence-corrected chi connectivity index (χ4v) is 5.15. The van der Waals surface area contributed by atoms with E-state index in [9.17, 15) is 0 Å². The highest BCUT2D eigenvalue weighted by atomic mass is 79.9. The van der Waals surface area contributed by atoms with Crippen molar-refractivity contribution in [1.29, 1.82) is 0 Å². The third-order valence-corrected chi connectivity index (χ3v) is 6.58. The van der Waals surface area contributed by atoms with Gasteiger partial charge < -0.3 is 5.73 Å². The SMILES string of the molecule is CC(C)C1CCCCC1(CN)N(C)Cc1csc(Br)c1. The van der Waals surface area contributed by atoms with Gasteiger partial charge in [-0.05, 0) is 64.7 Å². The summed E-state index contributed by atoms with van der Waals surface area (Å²) in [5.41, 5.74) is 7.85. The molecule has 1 heterocycles. The van der Waals surface area contributed by atoms with Crippen molar-refractivity contribution in [2.24, 2.45) is 17.6 Å². The Labute approximate surface area is 135 Å². The second kappa shape index (κ2) is 6.91. The van der Waals surface area contributed by atoms with Crippen LogP contribution in [0.1, 0.15) is 45.1 Å². The number of thiophene rings is 1. The minimum Gasteiger partial charge on any atom is -0.329 e. The molecule has 2 atom stereocenters. The Hall–Kier alpha value is 0.100. The zero-order valence-electron chi connectivity index (χ0n) is 12.9. The van der Waals surface area contributed by atoms with E-state index in [1.807, 2.05) is 0 Å². The molecule has 1 aliphatic rings. The summed E-state index contributed by atoms with van der Waals surface area (Å²) in [6, 6.07) is 2.23. The zero-order chi connectivity index (χ0) is 14.8. The zero-order valence-corrected chi connectivity index (χ0v) is 15.3.